The summed E-state index contributed by atoms with van der Waals surface area (Å²) in [6.45, 7) is 0.397. The van der Waals surface area contributed by atoms with Crippen LogP contribution in [-0.4, -0.2) is 33.8 Å². The van der Waals surface area contributed by atoms with E-state index in [0.717, 1.165) is 0 Å². The molecule has 0 heterocycles. The van der Waals surface area contributed by atoms with Crippen molar-refractivity contribution in [2.24, 2.45) is 5.73 Å². The summed E-state index contributed by atoms with van der Waals surface area (Å²) in [5.74, 6) is 0.588. The van der Waals surface area contributed by atoms with Gasteiger partial charge in [-0.2, -0.15) is 0 Å². The highest BCUT2D eigenvalue weighted by atomic mass is 16.5. The fourth-order valence-electron chi connectivity index (χ4n) is 1.55. The zero-order valence-corrected chi connectivity index (χ0v) is 10.7. The molecule has 0 aliphatic rings. The number of hydrogen-bond acceptors (Lipinski definition) is 5. The zero-order valence-electron chi connectivity index (χ0n) is 10.7. The van der Waals surface area contributed by atoms with E-state index in [1.165, 1.54) is 21.3 Å². The molecule has 0 spiro atoms. The van der Waals surface area contributed by atoms with Crippen LogP contribution in [0.25, 0.3) is 6.08 Å². The van der Waals surface area contributed by atoms with E-state index in [-0.39, 0.29) is 0 Å². The Bertz CT molecular complexity index is 455. The van der Waals surface area contributed by atoms with Gasteiger partial charge in [-0.3, -0.25) is 0 Å². The molecule has 5 heteroatoms. The minimum absolute atomic E-state index is 0.395. The third-order valence-electron chi connectivity index (χ3n) is 2.36. The van der Waals surface area contributed by atoms with Crippen LogP contribution in [0.5, 0.6) is 11.5 Å². The molecule has 0 aliphatic heterocycles. The lowest BCUT2D eigenvalue weighted by Gasteiger charge is -2.12. The van der Waals surface area contributed by atoms with Gasteiger partial charge in [-0.25, -0.2) is 4.79 Å². The maximum absolute atomic E-state index is 11.5. The van der Waals surface area contributed by atoms with Crippen molar-refractivity contribution in [3.63, 3.8) is 0 Å². The Kier molecular flexibility index (Phi) is 5.20. The van der Waals surface area contributed by atoms with Crippen molar-refractivity contribution in [3.8, 4) is 11.5 Å². The van der Waals surface area contributed by atoms with E-state index in [9.17, 15) is 4.79 Å². The standard InChI is InChI=1S/C13H17NO4/c1-16-11-8-10(13(15)18-3)7-9(5-4-6-14)12(11)17-2/h4-5,7-8H,6,14H2,1-3H3/b5-4+. The number of benzene rings is 1. The van der Waals surface area contributed by atoms with Crippen molar-refractivity contribution in [2.45, 2.75) is 0 Å². The summed E-state index contributed by atoms with van der Waals surface area (Å²) in [6.07, 6.45) is 3.53. The predicted octanol–water partition coefficient (Wildman–Crippen LogP) is 1.46. The summed E-state index contributed by atoms with van der Waals surface area (Å²) in [5.41, 5.74) is 6.52. The number of rotatable bonds is 5. The van der Waals surface area contributed by atoms with Gasteiger partial charge in [0, 0.05) is 12.1 Å². The second-order valence-corrected chi connectivity index (χ2v) is 3.43. The molecule has 98 valence electrons. The minimum Gasteiger partial charge on any atom is -0.493 e. The van der Waals surface area contributed by atoms with Crippen LogP contribution in [-0.2, 0) is 4.74 Å². The monoisotopic (exact) mass is 251 g/mol. The number of hydrogen-bond donors (Lipinski definition) is 1. The second-order valence-electron chi connectivity index (χ2n) is 3.43. The third-order valence-corrected chi connectivity index (χ3v) is 2.36. The summed E-state index contributed by atoms with van der Waals surface area (Å²) in [5, 5.41) is 0. The van der Waals surface area contributed by atoms with Gasteiger partial charge in [0.25, 0.3) is 0 Å². The number of methoxy groups -OCH3 is 3. The molecule has 0 aliphatic carbocycles. The van der Waals surface area contributed by atoms with Crippen LogP contribution in [0.3, 0.4) is 0 Å². The van der Waals surface area contributed by atoms with Crippen molar-refractivity contribution in [3.05, 3.63) is 29.3 Å². The van der Waals surface area contributed by atoms with Crippen LogP contribution in [0.4, 0.5) is 0 Å². The van der Waals surface area contributed by atoms with Crippen molar-refractivity contribution in [2.75, 3.05) is 27.9 Å². The first-order chi connectivity index (χ1) is 8.67. The summed E-state index contributed by atoms with van der Waals surface area (Å²) >= 11 is 0. The lowest BCUT2D eigenvalue weighted by atomic mass is 10.1. The molecule has 2 N–H and O–H groups in total. The Morgan fingerprint density at radius 2 is 2.00 bits per heavy atom. The molecule has 0 aromatic heterocycles. The molecule has 5 nitrogen and oxygen atoms in total. The summed E-state index contributed by atoms with van der Waals surface area (Å²) in [7, 11) is 4.37. The Hall–Kier alpha value is -2.01. The van der Waals surface area contributed by atoms with Gasteiger partial charge in [0.05, 0.1) is 26.9 Å². The molecule has 0 unspecified atom stereocenters. The number of ether oxygens (including phenoxy) is 3. The highest BCUT2D eigenvalue weighted by molar-refractivity contribution is 5.91. The lowest BCUT2D eigenvalue weighted by Crippen LogP contribution is -2.04. The van der Waals surface area contributed by atoms with Crippen molar-refractivity contribution >= 4 is 12.0 Å². The smallest absolute Gasteiger partial charge is 0.338 e. The predicted molar refractivity (Wildman–Crippen MR) is 69.0 cm³/mol. The summed E-state index contributed by atoms with van der Waals surface area (Å²) in [6, 6.07) is 3.24. The van der Waals surface area contributed by atoms with Crippen LogP contribution in [0.15, 0.2) is 18.2 Å². The van der Waals surface area contributed by atoms with Crippen LogP contribution in [0.2, 0.25) is 0 Å². The van der Waals surface area contributed by atoms with E-state index in [2.05, 4.69) is 4.74 Å². The first-order valence-electron chi connectivity index (χ1n) is 5.38. The average Bonchev–Trinajstić information content (AvgIpc) is 2.42. The Balaban J connectivity index is 3.35. The van der Waals surface area contributed by atoms with Crippen LogP contribution < -0.4 is 15.2 Å². The molecular weight excluding hydrogens is 234 g/mol. The first kappa shape index (κ1) is 14.1. The second kappa shape index (κ2) is 6.66. The molecule has 0 fully saturated rings. The van der Waals surface area contributed by atoms with Crippen molar-refractivity contribution in [1.82, 2.24) is 0 Å². The Morgan fingerprint density at radius 3 is 2.50 bits per heavy atom. The van der Waals surface area contributed by atoms with Crippen molar-refractivity contribution in [1.29, 1.82) is 0 Å². The highest BCUT2D eigenvalue weighted by Gasteiger charge is 2.14. The van der Waals surface area contributed by atoms with E-state index >= 15 is 0 Å². The summed E-state index contributed by atoms with van der Waals surface area (Å²) < 4.78 is 15.1. The maximum atomic E-state index is 11.5. The van der Waals surface area contributed by atoms with E-state index in [1.54, 1.807) is 24.3 Å². The molecule has 1 aromatic carbocycles. The lowest BCUT2D eigenvalue weighted by molar-refractivity contribution is 0.0600. The Morgan fingerprint density at radius 1 is 1.28 bits per heavy atom. The Labute approximate surface area is 106 Å². The fraction of sp³-hybridized carbons (Fsp3) is 0.308. The van der Waals surface area contributed by atoms with Crippen LogP contribution in [0, 0.1) is 0 Å². The summed E-state index contributed by atoms with van der Waals surface area (Å²) in [4.78, 5) is 11.5. The van der Waals surface area contributed by atoms with Crippen molar-refractivity contribution < 1.29 is 19.0 Å². The van der Waals surface area contributed by atoms with Gasteiger partial charge in [0.1, 0.15) is 0 Å². The molecule has 0 radical (unpaired) electrons. The van der Waals surface area contributed by atoms with Gasteiger partial charge in [-0.05, 0) is 12.1 Å². The van der Waals surface area contributed by atoms with Crippen LogP contribution >= 0.6 is 0 Å². The minimum atomic E-state index is -0.432. The van der Waals surface area contributed by atoms with E-state index in [4.69, 9.17) is 15.2 Å². The maximum Gasteiger partial charge on any atom is 0.338 e. The van der Waals surface area contributed by atoms with Gasteiger partial charge in [-0.15, -0.1) is 0 Å². The zero-order chi connectivity index (χ0) is 13.5. The fourth-order valence-corrected chi connectivity index (χ4v) is 1.55. The third kappa shape index (κ3) is 3.01. The topological polar surface area (TPSA) is 70.8 Å². The number of carbonyl (C=O) groups excluding carboxylic acids is 1. The van der Waals surface area contributed by atoms with Gasteiger partial charge >= 0.3 is 5.97 Å². The largest absolute Gasteiger partial charge is 0.493 e. The van der Waals surface area contributed by atoms with Gasteiger partial charge in [0.2, 0.25) is 0 Å². The number of carbonyl (C=O) groups is 1. The molecule has 18 heavy (non-hydrogen) atoms. The molecule has 1 aromatic rings. The van der Waals surface area contributed by atoms with Gasteiger partial charge in [0.15, 0.2) is 11.5 Å². The molecule has 0 saturated carbocycles. The average molecular weight is 251 g/mol. The molecular formula is C13H17NO4. The van der Waals surface area contributed by atoms with E-state index < -0.39 is 5.97 Å². The highest BCUT2D eigenvalue weighted by Crippen LogP contribution is 2.33. The van der Waals surface area contributed by atoms with E-state index in [1.807, 2.05) is 0 Å². The van der Waals surface area contributed by atoms with Gasteiger partial charge in [-0.1, -0.05) is 12.2 Å². The quantitative estimate of drug-likeness (QED) is 0.802. The van der Waals surface area contributed by atoms with Crippen LogP contribution in [0.1, 0.15) is 15.9 Å². The molecule has 0 bridgehead atoms. The molecule has 1 rings (SSSR count). The van der Waals surface area contributed by atoms with E-state index in [0.29, 0.717) is 29.2 Å². The SMILES string of the molecule is COC(=O)c1cc(/C=C/CN)c(OC)c(OC)c1. The number of esters is 1. The first-order valence-corrected chi connectivity index (χ1v) is 5.38. The molecule has 0 saturated heterocycles. The number of nitrogens with two attached hydrogens (primary N) is 1. The van der Waals surface area contributed by atoms with Gasteiger partial charge < -0.3 is 19.9 Å². The molecule has 0 amide bonds. The molecule has 0 atom stereocenters. The normalized spacial score (nSPS) is 10.4.